The zero-order chi connectivity index (χ0) is 20.8. The number of aliphatic hydroxyl groups excluding tert-OH is 1. The van der Waals surface area contributed by atoms with Gasteiger partial charge in [-0.2, -0.15) is 5.10 Å². The number of fused-ring (bicyclic) bond motifs is 1. The number of ether oxygens (including phenoxy) is 2. The summed E-state index contributed by atoms with van der Waals surface area (Å²) in [5.74, 6) is -0.167. The topological polar surface area (TPSA) is 134 Å². The fourth-order valence-electron chi connectivity index (χ4n) is 1.92. The number of hydrogen-bond donors (Lipinski definition) is 2. The zero-order valence-electron chi connectivity index (χ0n) is 16.4. The summed E-state index contributed by atoms with van der Waals surface area (Å²) in [5.41, 5.74) is 5.68. The van der Waals surface area contributed by atoms with E-state index in [2.05, 4.69) is 9.84 Å². The normalized spacial score (nSPS) is 11.9. The van der Waals surface area contributed by atoms with Crippen molar-refractivity contribution in [3.05, 3.63) is 23.4 Å². The highest BCUT2D eigenvalue weighted by atomic mass is 16.5. The Kier molecular flexibility index (Phi) is 12.4. The minimum absolute atomic E-state index is 0.00755. The van der Waals surface area contributed by atoms with E-state index in [9.17, 15) is 14.4 Å². The predicted molar refractivity (Wildman–Crippen MR) is 99.6 cm³/mol. The first-order valence-electron chi connectivity index (χ1n) is 8.68. The molecule has 2 heterocycles. The van der Waals surface area contributed by atoms with Gasteiger partial charge in [0.25, 0.3) is 0 Å². The molecule has 0 saturated carbocycles. The second kappa shape index (κ2) is 13.7. The molecular formula is C18H29N3O6. The summed E-state index contributed by atoms with van der Waals surface area (Å²) >= 11 is 0. The fourth-order valence-corrected chi connectivity index (χ4v) is 1.92. The van der Waals surface area contributed by atoms with Crippen LogP contribution in [0.2, 0.25) is 0 Å². The highest BCUT2D eigenvalue weighted by molar-refractivity contribution is 6.16. The van der Waals surface area contributed by atoms with E-state index in [4.69, 9.17) is 15.6 Å². The molecule has 0 bridgehead atoms. The van der Waals surface area contributed by atoms with Crippen molar-refractivity contribution in [3.63, 3.8) is 0 Å². The number of nitrogens with two attached hydrogens (primary N) is 1. The molecule has 0 unspecified atom stereocenters. The number of aliphatic hydroxyl groups is 1. The standard InChI is InChI=1S/C8H12O3.C7H8N2O2.C3H9NO/c1-4-7(6(3)9)8(10)11-5-2;1-5(10)6-4-8-9-2-3-11-7(6)9;4-2-1-3-5/h4H,5H2,1-3H3;4H,2-3H2,1H3;5H,1-4H2/b7-4+;;. The summed E-state index contributed by atoms with van der Waals surface area (Å²) in [6.45, 7) is 8.67. The van der Waals surface area contributed by atoms with Crippen LogP contribution in [-0.2, 0) is 20.9 Å². The lowest BCUT2D eigenvalue weighted by Gasteiger charge is -2.01. The molecule has 0 fully saturated rings. The maximum atomic E-state index is 10.9. The van der Waals surface area contributed by atoms with E-state index in [0.29, 0.717) is 31.2 Å². The molecule has 152 valence electrons. The number of nitrogens with zero attached hydrogens (tertiary/aromatic N) is 2. The lowest BCUT2D eigenvalue weighted by molar-refractivity contribution is -0.139. The van der Waals surface area contributed by atoms with Gasteiger partial charge in [0.1, 0.15) is 6.61 Å². The second-order valence-electron chi connectivity index (χ2n) is 5.34. The molecule has 1 aliphatic heterocycles. The van der Waals surface area contributed by atoms with Gasteiger partial charge in [-0.25, -0.2) is 9.48 Å². The van der Waals surface area contributed by atoms with Crippen LogP contribution in [0.4, 0.5) is 0 Å². The largest absolute Gasteiger partial charge is 0.475 e. The van der Waals surface area contributed by atoms with Gasteiger partial charge in [-0.15, -0.1) is 0 Å². The van der Waals surface area contributed by atoms with E-state index in [1.807, 2.05) is 0 Å². The molecule has 0 spiro atoms. The van der Waals surface area contributed by atoms with Gasteiger partial charge in [0.2, 0.25) is 5.88 Å². The Morgan fingerprint density at radius 1 is 1.41 bits per heavy atom. The third-order valence-electron chi connectivity index (χ3n) is 3.24. The SMILES string of the molecule is C/C=C(\C(C)=O)C(=O)OCC.CC(=O)c1cnn2c1OCC2.NCCCO. The Morgan fingerprint density at radius 3 is 2.48 bits per heavy atom. The van der Waals surface area contributed by atoms with Crippen LogP contribution in [0.25, 0.3) is 0 Å². The molecule has 0 atom stereocenters. The number of ketones is 2. The molecule has 1 aromatic heterocycles. The average molecular weight is 383 g/mol. The summed E-state index contributed by atoms with van der Waals surface area (Å²) in [6, 6.07) is 0. The van der Waals surface area contributed by atoms with Crippen molar-refractivity contribution >= 4 is 17.5 Å². The quantitative estimate of drug-likeness (QED) is 0.243. The predicted octanol–water partition coefficient (Wildman–Crippen LogP) is 0.890. The van der Waals surface area contributed by atoms with Crippen LogP contribution in [-0.4, -0.2) is 58.8 Å². The first-order chi connectivity index (χ1) is 12.8. The summed E-state index contributed by atoms with van der Waals surface area (Å²) < 4.78 is 11.5. The molecule has 2 rings (SSSR count). The van der Waals surface area contributed by atoms with Crippen molar-refractivity contribution in [2.75, 3.05) is 26.4 Å². The van der Waals surface area contributed by atoms with Crippen LogP contribution in [0.1, 0.15) is 44.5 Å². The molecule has 27 heavy (non-hydrogen) atoms. The van der Waals surface area contributed by atoms with Gasteiger partial charge in [0.15, 0.2) is 11.6 Å². The van der Waals surface area contributed by atoms with E-state index in [1.165, 1.54) is 19.9 Å². The number of allylic oxidation sites excluding steroid dienone is 1. The van der Waals surface area contributed by atoms with Crippen LogP contribution in [0.15, 0.2) is 17.8 Å². The monoisotopic (exact) mass is 383 g/mol. The maximum absolute atomic E-state index is 10.9. The Morgan fingerprint density at radius 2 is 2.07 bits per heavy atom. The van der Waals surface area contributed by atoms with Crippen LogP contribution >= 0.6 is 0 Å². The van der Waals surface area contributed by atoms with Gasteiger partial charge < -0.3 is 20.3 Å². The van der Waals surface area contributed by atoms with Crippen LogP contribution < -0.4 is 10.5 Å². The lowest BCUT2D eigenvalue weighted by atomic mass is 10.2. The summed E-state index contributed by atoms with van der Waals surface area (Å²) in [5, 5.41) is 12.0. The smallest absolute Gasteiger partial charge is 0.341 e. The van der Waals surface area contributed by atoms with Crippen molar-refractivity contribution in [3.8, 4) is 5.88 Å². The zero-order valence-corrected chi connectivity index (χ0v) is 16.4. The third-order valence-corrected chi connectivity index (χ3v) is 3.24. The van der Waals surface area contributed by atoms with Crippen molar-refractivity contribution in [1.29, 1.82) is 0 Å². The number of Topliss-reactive ketones (excluding diaryl/α,β-unsaturated/α-hetero) is 2. The minimum Gasteiger partial charge on any atom is -0.475 e. The highest BCUT2D eigenvalue weighted by Gasteiger charge is 2.19. The Balaban J connectivity index is 0.000000405. The molecule has 3 N–H and O–H groups in total. The molecule has 9 heteroatoms. The Hall–Kier alpha value is -2.52. The molecule has 0 aromatic carbocycles. The van der Waals surface area contributed by atoms with Crippen molar-refractivity contribution in [1.82, 2.24) is 9.78 Å². The van der Waals surface area contributed by atoms with Gasteiger partial charge in [-0.05, 0) is 40.7 Å². The Labute approximate surface area is 159 Å². The molecule has 9 nitrogen and oxygen atoms in total. The number of esters is 1. The van der Waals surface area contributed by atoms with Crippen LogP contribution in [0.3, 0.4) is 0 Å². The lowest BCUT2D eigenvalue weighted by Crippen LogP contribution is -2.13. The van der Waals surface area contributed by atoms with E-state index in [1.54, 1.807) is 24.7 Å². The second-order valence-corrected chi connectivity index (χ2v) is 5.34. The molecule has 0 saturated heterocycles. The van der Waals surface area contributed by atoms with E-state index < -0.39 is 5.97 Å². The molecule has 0 radical (unpaired) electrons. The molecule has 1 aliphatic rings. The highest BCUT2D eigenvalue weighted by Crippen LogP contribution is 2.22. The molecule has 0 aliphatic carbocycles. The summed E-state index contributed by atoms with van der Waals surface area (Å²) in [6.07, 6.45) is 3.73. The van der Waals surface area contributed by atoms with Crippen LogP contribution in [0.5, 0.6) is 5.88 Å². The summed E-state index contributed by atoms with van der Waals surface area (Å²) in [7, 11) is 0. The Bertz CT molecular complexity index is 650. The third kappa shape index (κ3) is 8.61. The van der Waals surface area contributed by atoms with E-state index >= 15 is 0 Å². The van der Waals surface area contributed by atoms with E-state index in [-0.39, 0.29) is 23.7 Å². The maximum Gasteiger partial charge on any atom is 0.341 e. The van der Waals surface area contributed by atoms with Crippen molar-refractivity contribution < 1.29 is 29.0 Å². The summed E-state index contributed by atoms with van der Waals surface area (Å²) in [4.78, 5) is 32.6. The number of carbonyl (C=O) groups excluding carboxylic acids is 3. The first kappa shape index (κ1) is 24.5. The van der Waals surface area contributed by atoms with Gasteiger partial charge in [-0.3, -0.25) is 9.59 Å². The molecular weight excluding hydrogens is 354 g/mol. The molecule has 1 aromatic rings. The van der Waals surface area contributed by atoms with Gasteiger partial charge in [0, 0.05) is 6.61 Å². The van der Waals surface area contributed by atoms with Gasteiger partial charge in [0.05, 0.1) is 30.5 Å². The van der Waals surface area contributed by atoms with Crippen molar-refractivity contribution in [2.45, 2.75) is 40.7 Å². The molecule has 0 amide bonds. The fraction of sp³-hybridized carbons (Fsp3) is 0.556. The van der Waals surface area contributed by atoms with Gasteiger partial charge in [-0.1, -0.05) is 6.08 Å². The average Bonchev–Trinajstić information content (AvgIpc) is 3.20. The first-order valence-corrected chi connectivity index (χ1v) is 8.68. The van der Waals surface area contributed by atoms with Crippen molar-refractivity contribution in [2.24, 2.45) is 5.73 Å². The van der Waals surface area contributed by atoms with E-state index in [0.717, 1.165) is 13.0 Å². The van der Waals surface area contributed by atoms with Gasteiger partial charge >= 0.3 is 5.97 Å². The number of aromatic nitrogens is 2. The minimum atomic E-state index is -0.539. The number of carbonyl (C=O) groups is 3. The number of hydrogen-bond acceptors (Lipinski definition) is 8. The number of rotatable bonds is 6. The van der Waals surface area contributed by atoms with Crippen LogP contribution in [0, 0.1) is 0 Å².